The van der Waals surface area contributed by atoms with Crippen LogP contribution in [0.3, 0.4) is 0 Å². The van der Waals surface area contributed by atoms with Crippen LogP contribution in [0, 0.1) is 0 Å². The Hall–Kier alpha value is -3.19. The number of imidazole rings is 1. The number of nitrogens with one attached hydrogen (secondary N) is 1. The molecule has 4 aromatic rings. The van der Waals surface area contributed by atoms with E-state index >= 15 is 0 Å². The third-order valence-corrected chi connectivity index (χ3v) is 5.30. The van der Waals surface area contributed by atoms with Gasteiger partial charge in [-0.2, -0.15) is 4.98 Å². The summed E-state index contributed by atoms with van der Waals surface area (Å²) in [5.41, 5.74) is 10.1. The van der Waals surface area contributed by atoms with Crippen LogP contribution in [0.15, 0.2) is 54.9 Å². The second kappa shape index (κ2) is 7.09. The molecule has 0 aliphatic carbocycles. The molecule has 7 nitrogen and oxygen atoms in total. The first-order valence-corrected chi connectivity index (χ1v) is 9.74. The maximum atomic E-state index is 5.74. The lowest BCUT2D eigenvalue weighted by atomic mass is 9.97. The van der Waals surface area contributed by atoms with E-state index < -0.39 is 0 Å². The van der Waals surface area contributed by atoms with Gasteiger partial charge in [0, 0.05) is 25.2 Å². The van der Waals surface area contributed by atoms with Crippen molar-refractivity contribution in [2.75, 3.05) is 11.9 Å². The molecule has 0 fully saturated rings. The number of hydrogen-bond acceptors (Lipinski definition) is 5. The summed E-state index contributed by atoms with van der Waals surface area (Å²) in [5.74, 6) is 1.69. The third kappa shape index (κ3) is 3.03. The summed E-state index contributed by atoms with van der Waals surface area (Å²) in [5, 5.41) is 8.10. The maximum Gasteiger partial charge on any atom is 0.246 e. The van der Waals surface area contributed by atoms with E-state index in [1.807, 2.05) is 36.7 Å². The number of rotatable bonds is 5. The highest BCUT2D eigenvalue weighted by Crippen LogP contribution is 2.32. The zero-order valence-electron chi connectivity index (χ0n) is 15.6. The van der Waals surface area contributed by atoms with Gasteiger partial charge in [-0.3, -0.25) is 0 Å². The average molecular weight is 373 g/mol. The molecule has 2 aromatic carbocycles. The Morgan fingerprint density at radius 1 is 1.14 bits per heavy atom. The Morgan fingerprint density at radius 3 is 2.89 bits per heavy atom. The maximum absolute atomic E-state index is 5.74. The minimum atomic E-state index is 0.188. The number of aromatic nitrogens is 5. The number of nitrogens with two attached hydrogens (primary N) is 1. The van der Waals surface area contributed by atoms with Gasteiger partial charge in [0.25, 0.3) is 0 Å². The second-order valence-corrected chi connectivity index (χ2v) is 7.17. The number of aryl methyl sites for hydroxylation is 1. The summed E-state index contributed by atoms with van der Waals surface area (Å²) >= 11 is 0. The Morgan fingerprint density at radius 2 is 2.04 bits per heavy atom. The van der Waals surface area contributed by atoms with Crippen molar-refractivity contribution in [3.63, 3.8) is 0 Å². The van der Waals surface area contributed by atoms with Crippen LogP contribution in [0.5, 0.6) is 0 Å². The highest BCUT2D eigenvalue weighted by molar-refractivity contribution is 5.76. The lowest BCUT2D eigenvalue weighted by Gasteiger charge is -2.23. The molecule has 1 unspecified atom stereocenters. The molecule has 1 aliphatic rings. The molecular weight excluding hydrogens is 350 g/mol. The summed E-state index contributed by atoms with van der Waals surface area (Å²) in [6.07, 6.45) is 4.98. The summed E-state index contributed by atoms with van der Waals surface area (Å²) < 4.78 is 4.20. The molecule has 0 saturated carbocycles. The van der Waals surface area contributed by atoms with E-state index in [2.05, 4.69) is 37.7 Å². The van der Waals surface area contributed by atoms with Crippen molar-refractivity contribution in [1.29, 1.82) is 0 Å². The van der Waals surface area contributed by atoms with Gasteiger partial charge in [-0.1, -0.05) is 24.3 Å². The SMILES string of the molecule is NCCn1cnc2ccc(C3CCCc4nc(Nc5ccccc5)nn43)cc21. The van der Waals surface area contributed by atoms with Gasteiger partial charge in [0.15, 0.2) is 0 Å². The van der Waals surface area contributed by atoms with Crippen LogP contribution in [-0.4, -0.2) is 30.9 Å². The van der Waals surface area contributed by atoms with Gasteiger partial charge in [0.2, 0.25) is 5.95 Å². The molecule has 0 bridgehead atoms. The fourth-order valence-electron chi connectivity index (χ4n) is 3.96. The zero-order chi connectivity index (χ0) is 18.9. The van der Waals surface area contributed by atoms with Crippen molar-refractivity contribution in [2.24, 2.45) is 5.73 Å². The van der Waals surface area contributed by atoms with E-state index in [1.165, 1.54) is 5.56 Å². The van der Waals surface area contributed by atoms with Gasteiger partial charge in [-0.15, -0.1) is 5.10 Å². The molecule has 1 atom stereocenters. The molecule has 0 saturated heterocycles. The van der Waals surface area contributed by atoms with Crippen molar-refractivity contribution in [3.8, 4) is 0 Å². The normalized spacial score (nSPS) is 16.2. The van der Waals surface area contributed by atoms with Crippen LogP contribution in [-0.2, 0) is 13.0 Å². The van der Waals surface area contributed by atoms with E-state index in [-0.39, 0.29) is 6.04 Å². The van der Waals surface area contributed by atoms with Crippen molar-refractivity contribution >= 4 is 22.7 Å². The van der Waals surface area contributed by atoms with Crippen LogP contribution >= 0.6 is 0 Å². The highest BCUT2D eigenvalue weighted by Gasteiger charge is 2.25. The van der Waals surface area contributed by atoms with Crippen LogP contribution in [0.2, 0.25) is 0 Å². The predicted octanol–water partition coefficient (Wildman–Crippen LogP) is 3.26. The van der Waals surface area contributed by atoms with Crippen molar-refractivity contribution in [2.45, 2.75) is 31.8 Å². The molecule has 3 heterocycles. The molecule has 0 spiro atoms. The van der Waals surface area contributed by atoms with E-state index in [0.717, 1.165) is 48.4 Å². The summed E-state index contributed by atoms with van der Waals surface area (Å²) in [7, 11) is 0. The molecule has 5 rings (SSSR count). The molecule has 2 aromatic heterocycles. The average Bonchev–Trinajstić information content (AvgIpc) is 3.32. The molecule has 142 valence electrons. The van der Waals surface area contributed by atoms with Gasteiger partial charge < -0.3 is 15.6 Å². The van der Waals surface area contributed by atoms with Crippen molar-refractivity contribution in [3.05, 3.63) is 66.2 Å². The summed E-state index contributed by atoms with van der Waals surface area (Å²) in [4.78, 5) is 9.21. The molecular formula is C21H23N7. The molecule has 3 N–H and O–H groups in total. The topological polar surface area (TPSA) is 86.6 Å². The van der Waals surface area contributed by atoms with Gasteiger partial charge in [0.1, 0.15) is 5.82 Å². The van der Waals surface area contributed by atoms with Gasteiger partial charge in [0.05, 0.1) is 23.4 Å². The lowest BCUT2D eigenvalue weighted by molar-refractivity contribution is 0.413. The van der Waals surface area contributed by atoms with E-state index in [1.54, 1.807) is 0 Å². The van der Waals surface area contributed by atoms with Crippen LogP contribution < -0.4 is 11.1 Å². The number of fused-ring (bicyclic) bond motifs is 2. The minimum Gasteiger partial charge on any atom is -0.329 e. The Labute approximate surface area is 163 Å². The third-order valence-electron chi connectivity index (χ3n) is 5.30. The number of benzene rings is 2. The van der Waals surface area contributed by atoms with Gasteiger partial charge >= 0.3 is 0 Å². The molecule has 7 heteroatoms. The first-order valence-electron chi connectivity index (χ1n) is 9.74. The van der Waals surface area contributed by atoms with E-state index in [4.69, 9.17) is 15.8 Å². The quantitative estimate of drug-likeness (QED) is 0.561. The Bertz CT molecular complexity index is 1100. The van der Waals surface area contributed by atoms with E-state index in [0.29, 0.717) is 12.5 Å². The smallest absolute Gasteiger partial charge is 0.246 e. The first kappa shape index (κ1) is 16.9. The van der Waals surface area contributed by atoms with Crippen molar-refractivity contribution in [1.82, 2.24) is 24.3 Å². The number of para-hydroxylation sites is 1. The Kier molecular flexibility index (Phi) is 4.29. The molecule has 28 heavy (non-hydrogen) atoms. The fraction of sp³-hybridized carbons (Fsp3) is 0.286. The molecule has 0 radical (unpaired) electrons. The Balaban J connectivity index is 1.49. The molecule has 0 amide bonds. The van der Waals surface area contributed by atoms with Gasteiger partial charge in [-0.05, 0) is 42.7 Å². The lowest BCUT2D eigenvalue weighted by Crippen LogP contribution is -2.20. The largest absolute Gasteiger partial charge is 0.329 e. The second-order valence-electron chi connectivity index (χ2n) is 7.17. The van der Waals surface area contributed by atoms with Crippen LogP contribution in [0.25, 0.3) is 11.0 Å². The zero-order valence-corrected chi connectivity index (χ0v) is 15.6. The standard InChI is InChI=1S/C21H23N7/c22-11-12-27-14-23-17-10-9-15(13-19(17)27)18-7-4-8-20-25-21(26-28(18)20)24-16-5-2-1-3-6-16/h1-3,5-6,9-10,13-14,18H,4,7-8,11-12,22H2,(H,24,26). The van der Waals surface area contributed by atoms with Crippen LogP contribution in [0.4, 0.5) is 11.6 Å². The van der Waals surface area contributed by atoms with Crippen molar-refractivity contribution < 1.29 is 0 Å². The number of nitrogens with zero attached hydrogens (tertiary/aromatic N) is 5. The summed E-state index contributed by atoms with van der Waals surface area (Å²) in [6, 6.07) is 16.7. The monoisotopic (exact) mass is 373 g/mol. The van der Waals surface area contributed by atoms with Crippen LogP contribution in [0.1, 0.15) is 30.3 Å². The number of anilines is 2. The fourth-order valence-corrected chi connectivity index (χ4v) is 3.96. The summed E-state index contributed by atoms with van der Waals surface area (Å²) in [6.45, 7) is 1.37. The predicted molar refractivity (Wildman–Crippen MR) is 110 cm³/mol. The molecule has 1 aliphatic heterocycles. The first-order chi connectivity index (χ1) is 13.8. The van der Waals surface area contributed by atoms with E-state index in [9.17, 15) is 0 Å². The van der Waals surface area contributed by atoms with Gasteiger partial charge in [-0.25, -0.2) is 9.67 Å². The minimum absolute atomic E-state index is 0.188. The highest BCUT2D eigenvalue weighted by atomic mass is 15.4. The number of hydrogen-bond donors (Lipinski definition) is 2.